The first-order valence-corrected chi connectivity index (χ1v) is 9.93. The minimum absolute atomic E-state index is 0.162. The van der Waals surface area contributed by atoms with Crippen LogP contribution >= 0.6 is 0 Å². The van der Waals surface area contributed by atoms with Gasteiger partial charge in [-0.1, -0.05) is 36.4 Å². The number of anilines is 1. The number of hydrogen-bond acceptors (Lipinski definition) is 4. The largest absolute Gasteiger partial charge is 0.480 e. The summed E-state index contributed by atoms with van der Waals surface area (Å²) in [5, 5.41) is 11.7. The van der Waals surface area contributed by atoms with Crippen molar-refractivity contribution in [2.45, 2.75) is 19.1 Å². The fourth-order valence-corrected chi connectivity index (χ4v) is 3.53. The van der Waals surface area contributed by atoms with Crippen molar-refractivity contribution in [1.29, 1.82) is 5.26 Å². The number of nitriles is 1. The molecule has 3 aromatic rings. The molecule has 3 aromatic carbocycles. The molecule has 0 radical (unpaired) electrons. The van der Waals surface area contributed by atoms with Crippen molar-refractivity contribution in [2.24, 2.45) is 0 Å². The molecule has 1 N–H and O–H groups in total. The van der Waals surface area contributed by atoms with Gasteiger partial charge in [0.05, 0.1) is 11.6 Å². The molecule has 0 saturated heterocycles. The molecule has 1 aliphatic heterocycles. The monoisotopic (exact) mass is 411 g/mol. The van der Waals surface area contributed by atoms with Crippen molar-refractivity contribution < 1.29 is 14.3 Å². The molecule has 0 fully saturated rings. The summed E-state index contributed by atoms with van der Waals surface area (Å²) in [6, 6.07) is 23.7. The second-order valence-corrected chi connectivity index (χ2v) is 7.46. The fraction of sp³-hybridized carbons (Fsp3) is 0.160. The summed E-state index contributed by atoms with van der Waals surface area (Å²) in [6.07, 6.45) is -0.0654. The third-order valence-corrected chi connectivity index (χ3v) is 5.17. The van der Waals surface area contributed by atoms with Crippen molar-refractivity contribution >= 4 is 17.5 Å². The maximum atomic E-state index is 12.9. The molecular formula is C25H21N3O3. The summed E-state index contributed by atoms with van der Waals surface area (Å²) in [4.78, 5) is 27.1. The minimum atomic E-state index is -0.587. The predicted molar refractivity (Wildman–Crippen MR) is 117 cm³/mol. The molecule has 0 aliphatic carbocycles. The number of fused-ring (bicyclic) bond motifs is 1. The highest BCUT2D eigenvalue weighted by atomic mass is 16.5. The van der Waals surface area contributed by atoms with Gasteiger partial charge in [0.25, 0.3) is 11.8 Å². The Morgan fingerprint density at radius 3 is 2.61 bits per heavy atom. The second kappa shape index (κ2) is 8.72. The summed E-state index contributed by atoms with van der Waals surface area (Å²) >= 11 is 0. The number of para-hydroxylation sites is 1. The van der Waals surface area contributed by atoms with Crippen LogP contribution in [0.4, 0.5) is 5.69 Å². The second-order valence-electron chi connectivity index (χ2n) is 7.46. The molecule has 1 unspecified atom stereocenters. The SMILES string of the molecule is CN(Cc1ccc(C#N)cc1)C(=O)c1cccc(NC(=O)C2Cc3ccccc3O2)c1. The molecule has 2 amide bonds. The van der Waals surface area contributed by atoms with E-state index in [-0.39, 0.29) is 11.8 Å². The van der Waals surface area contributed by atoms with E-state index < -0.39 is 6.10 Å². The molecule has 0 spiro atoms. The summed E-state index contributed by atoms with van der Waals surface area (Å²) in [6.45, 7) is 0.412. The Morgan fingerprint density at radius 2 is 1.87 bits per heavy atom. The van der Waals surface area contributed by atoms with Crippen LogP contribution in [0.3, 0.4) is 0 Å². The van der Waals surface area contributed by atoms with Crippen LogP contribution in [-0.2, 0) is 17.8 Å². The van der Waals surface area contributed by atoms with E-state index in [1.165, 1.54) is 0 Å². The standard InChI is InChI=1S/C25H21N3O3/c1-28(16-18-11-9-17(15-26)10-12-18)25(30)20-6-4-7-21(13-20)27-24(29)23-14-19-5-2-3-8-22(19)31-23/h2-13,23H,14,16H2,1H3,(H,27,29). The summed E-state index contributed by atoms with van der Waals surface area (Å²) in [7, 11) is 1.72. The number of hydrogen-bond donors (Lipinski definition) is 1. The van der Waals surface area contributed by atoms with Gasteiger partial charge in [0, 0.05) is 31.3 Å². The summed E-state index contributed by atoms with van der Waals surface area (Å²) < 4.78 is 5.73. The van der Waals surface area contributed by atoms with Crippen molar-refractivity contribution in [2.75, 3.05) is 12.4 Å². The molecule has 31 heavy (non-hydrogen) atoms. The summed E-state index contributed by atoms with van der Waals surface area (Å²) in [5.74, 6) is 0.327. The van der Waals surface area contributed by atoms with Crippen LogP contribution in [0.15, 0.2) is 72.8 Å². The highest BCUT2D eigenvalue weighted by Crippen LogP contribution is 2.28. The van der Waals surface area contributed by atoms with Crippen molar-refractivity contribution in [3.63, 3.8) is 0 Å². The van der Waals surface area contributed by atoms with Crippen LogP contribution in [0.5, 0.6) is 5.75 Å². The maximum Gasteiger partial charge on any atom is 0.265 e. The lowest BCUT2D eigenvalue weighted by Gasteiger charge is -2.18. The van der Waals surface area contributed by atoms with Crippen molar-refractivity contribution in [3.8, 4) is 11.8 Å². The molecule has 0 aromatic heterocycles. The van der Waals surface area contributed by atoms with E-state index in [4.69, 9.17) is 10.00 Å². The van der Waals surface area contributed by atoms with Gasteiger partial charge >= 0.3 is 0 Å². The van der Waals surface area contributed by atoms with E-state index in [0.717, 1.165) is 16.9 Å². The highest BCUT2D eigenvalue weighted by Gasteiger charge is 2.28. The lowest BCUT2D eigenvalue weighted by molar-refractivity contribution is -0.122. The highest BCUT2D eigenvalue weighted by molar-refractivity contribution is 5.98. The van der Waals surface area contributed by atoms with Gasteiger partial charge < -0.3 is 15.0 Å². The molecule has 1 heterocycles. The Morgan fingerprint density at radius 1 is 1.10 bits per heavy atom. The lowest BCUT2D eigenvalue weighted by Crippen LogP contribution is -2.31. The molecule has 0 bridgehead atoms. The number of rotatable bonds is 5. The molecule has 4 rings (SSSR count). The average molecular weight is 411 g/mol. The third-order valence-electron chi connectivity index (χ3n) is 5.17. The molecule has 154 valence electrons. The van der Waals surface area contributed by atoms with Gasteiger partial charge in [-0.2, -0.15) is 5.26 Å². The van der Waals surface area contributed by atoms with Gasteiger partial charge in [0.1, 0.15) is 5.75 Å². The van der Waals surface area contributed by atoms with Gasteiger partial charge in [-0.05, 0) is 47.5 Å². The first-order chi connectivity index (χ1) is 15.0. The van der Waals surface area contributed by atoms with Gasteiger partial charge in [-0.25, -0.2) is 0 Å². The smallest absolute Gasteiger partial charge is 0.265 e. The van der Waals surface area contributed by atoms with E-state index in [1.54, 1.807) is 48.3 Å². The van der Waals surface area contributed by atoms with Gasteiger partial charge in [0.2, 0.25) is 0 Å². The Balaban J connectivity index is 1.40. The lowest BCUT2D eigenvalue weighted by atomic mass is 10.1. The molecule has 6 nitrogen and oxygen atoms in total. The maximum absolute atomic E-state index is 12.9. The van der Waals surface area contributed by atoms with Gasteiger partial charge in [-0.15, -0.1) is 0 Å². The van der Waals surface area contributed by atoms with E-state index >= 15 is 0 Å². The Kier molecular flexibility index (Phi) is 5.67. The van der Waals surface area contributed by atoms with Crippen LogP contribution in [-0.4, -0.2) is 29.9 Å². The van der Waals surface area contributed by atoms with Crippen LogP contribution in [0.25, 0.3) is 0 Å². The minimum Gasteiger partial charge on any atom is -0.480 e. The number of carbonyl (C=O) groups is 2. The van der Waals surface area contributed by atoms with Crippen LogP contribution in [0.2, 0.25) is 0 Å². The molecule has 1 aliphatic rings. The quantitative estimate of drug-likeness (QED) is 0.693. The van der Waals surface area contributed by atoms with Crippen molar-refractivity contribution in [1.82, 2.24) is 4.90 Å². The zero-order chi connectivity index (χ0) is 21.8. The number of nitrogens with zero attached hydrogens (tertiary/aromatic N) is 2. The zero-order valence-corrected chi connectivity index (χ0v) is 17.0. The van der Waals surface area contributed by atoms with E-state index in [1.807, 2.05) is 36.4 Å². The Bertz CT molecular complexity index is 1140. The molecular weight excluding hydrogens is 390 g/mol. The molecule has 0 saturated carbocycles. The first-order valence-electron chi connectivity index (χ1n) is 9.93. The van der Waals surface area contributed by atoms with Crippen LogP contribution < -0.4 is 10.1 Å². The third kappa shape index (κ3) is 4.57. The number of amides is 2. The summed E-state index contributed by atoms with van der Waals surface area (Å²) in [5.41, 5.74) is 3.54. The van der Waals surface area contributed by atoms with Crippen molar-refractivity contribution in [3.05, 3.63) is 95.1 Å². The first kappa shape index (κ1) is 20.2. The molecule has 6 heteroatoms. The predicted octanol–water partition coefficient (Wildman–Crippen LogP) is 3.77. The average Bonchev–Trinajstić information content (AvgIpc) is 3.24. The Hall–Kier alpha value is -4.11. The van der Waals surface area contributed by atoms with Crippen LogP contribution in [0.1, 0.15) is 27.0 Å². The fourth-order valence-electron chi connectivity index (χ4n) is 3.53. The zero-order valence-electron chi connectivity index (χ0n) is 17.0. The number of ether oxygens (including phenoxy) is 1. The van der Waals surface area contributed by atoms with Gasteiger partial charge in [-0.3, -0.25) is 9.59 Å². The normalized spacial score (nSPS) is 14.1. The topological polar surface area (TPSA) is 82.4 Å². The van der Waals surface area contributed by atoms with E-state index in [9.17, 15) is 9.59 Å². The van der Waals surface area contributed by atoms with E-state index in [2.05, 4.69) is 11.4 Å². The van der Waals surface area contributed by atoms with Gasteiger partial charge in [0.15, 0.2) is 6.10 Å². The molecule has 1 atom stereocenters. The number of benzene rings is 3. The number of nitrogens with one attached hydrogen (secondary N) is 1. The van der Waals surface area contributed by atoms with Crippen LogP contribution in [0, 0.1) is 11.3 Å². The number of carbonyl (C=O) groups excluding carboxylic acids is 2. The Labute approximate surface area is 180 Å². The van der Waals surface area contributed by atoms with E-state index in [0.29, 0.717) is 29.8 Å².